The lowest BCUT2D eigenvalue weighted by atomic mass is 10.0. The van der Waals surface area contributed by atoms with E-state index < -0.39 is 0 Å². The molecule has 51 heavy (non-hydrogen) atoms. The molecule has 0 unspecified atom stereocenters. The van der Waals surface area contributed by atoms with E-state index in [1.165, 1.54) is 128 Å². The van der Waals surface area contributed by atoms with E-state index in [9.17, 15) is 9.59 Å². The Hall–Kier alpha value is -3.10. The van der Waals surface area contributed by atoms with Gasteiger partial charge >= 0.3 is 12.1 Å². The number of nitrogens with one attached hydrogen (secondary N) is 4. The average molecular weight is 707 g/mol. The molecule has 4 amide bonds. The van der Waals surface area contributed by atoms with Crippen LogP contribution in [0.1, 0.15) is 153 Å². The molecular formula is C43H74N6O2. The fraction of sp³-hybridized carbons (Fsp3) is 0.674. The minimum atomic E-state index is -0.189. The molecule has 0 heterocycles. The molecule has 8 nitrogen and oxygen atoms in total. The minimum Gasteiger partial charge on any atom is -0.325 e. The Labute approximate surface area is 312 Å². The third-order valence-electron chi connectivity index (χ3n) is 9.64. The molecule has 0 fully saturated rings. The topological polar surface area (TPSA) is 88.7 Å². The van der Waals surface area contributed by atoms with Crippen LogP contribution < -0.4 is 21.3 Å². The first-order valence-corrected chi connectivity index (χ1v) is 20.5. The second-order valence-corrected chi connectivity index (χ2v) is 14.7. The van der Waals surface area contributed by atoms with Crippen molar-refractivity contribution in [2.45, 2.75) is 149 Å². The molecule has 2 aromatic rings. The molecule has 4 N–H and O–H groups in total. The van der Waals surface area contributed by atoms with Gasteiger partial charge in [-0.1, -0.05) is 154 Å². The van der Waals surface area contributed by atoms with Crippen LogP contribution >= 0.6 is 0 Å². The number of nitrogens with zero attached hydrogens (tertiary/aromatic N) is 2. The summed E-state index contributed by atoms with van der Waals surface area (Å²) in [7, 11) is 4.11. The zero-order valence-electron chi connectivity index (χ0n) is 33.0. The van der Waals surface area contributed by atoms with Crippen LogP contribution in [0.15, 0.2) is 48.5 Å². The first kappa shape index (κ1) is 44.1. The molecule has 2 aromatic carbocycles. The van der Waals surface area contributed by atoms with Crippen molar-refractivity contribution in [2.24, 2.45) is 0 Å². The monoisotopic (exact) mass is 707 g/mol. The molecule has 0 saturated carbocycles. The second kappa shape index (κ2) is 29.5. The van der Waals surface area contributed by atoms with Gasteiger partial charge in [-0.2, -0.15) is 0 Å². The predicted octanol–water partition coefficient (Wildman–Crippen LogP) is 11.1. The van der Waals surface area contributed by atoms with Crippen molar-refractivity contribution in [1.82, 2.24) is 20.4 Å². The minimum absolute atomic E-state index is 0.189. The Morgan fingerprint density at radius 2 is 0.745 bits per heavy atom. The first-order chi connectivity index (χ1) is 24.9. The Morgan fingerprint density at radius 3 is 1.06 bits per heavy atom. The van der Waals surface area contributed by atoms with Gasteiger partial charge in [0.15, 0.2) is 0 Å². The van der Waals surface area contributed by atoms with Gasteiger partial charge in [-0.25, -0.2) is 9.59 Å². The Kier molecular flexibility index (Phi) is 25.5. The van der Waals surface area contributed by atoms with E-state index in [0.717, 1.165) is 42.0 Å². The molecule has 0 spiro atoms. The molecule has 0 aliphatic rings. The molecule has 288 valence electrons. The van der Waals surface area contributed by atoms with E-state index in [2.05, 4.69) is 59.0 Å². The van der Waals surface area contributed by atoms with Crippen molar-refractivity contribution in [3.8, 4) is 0 Å². The van der Waals surface area contributed by atoms with Crippen molar-refractivity contribution < 1.29 is 9.59 Å². The zero-order valence-corrected chi connectivity index (χ0v) is 33.0. The molecular weight excluding hydrogens is 633 g/mol. The lowest BCUT2D eigenvalue weighted by molar-refractivity contribution is 0.239. The van der Waals surface area contributed by atoms with E-state index in [4.69, 9.17) is 0 Å². The highest BCUT2D eigenvalue weighted by atomic mass is 16.2. The lowest BCUT2D eigenvalue weighted by Crippen LogP contribution is -2.38. The van der Waals surface area contributed by atoms with Crippen LogP contribution in [-0.4, -0.2) is 62.4 Å². The van der Waals surface area contributed by atoms with Gasteiger partial charge in [-0.15, -0.1) is 0 Å². The molecule has 0 saturated heterocycles. The fourth-order valence-electron chi connectivity index (χ4n) is 6.31. The summed E-state index contributed by atoms with van der Waals surface area (Å²) in [6.45, 7) is 7.58. The molecule has 0 radical (unpaired) electrons. The van der Waals surface area contributed by atoms with Gasteiger partial charge in [-0.3, -0.25) is 9.80 Å². The number of amides is 4. The van der Waals surface area contributed by atoms with Crippen molar-refractivity contribution in [3.63, 3.8) is 0 Å². The summed E-state index contributed by atoms with van der Waals surface area (Å²) in [5.41, 5.74) is 3.85. The highest BCUT2D eigenvalue weighted by Gasteiger charge is 2.07. The molecule has 0 bridgehead atoms. The van der Waals surface area contributed by atoms with Gasteiger partial charge in [0, 0.05) is 11.4 Å². The van der Waals surface area contributed by atoms with Crippen molar-refractivity contribution >= 4 is 23.4 Å². The molecule has 8 heteroatoms. The van der Waals surface area contributed by atoms with Crippen LogP contribution in [0.5, 0.6) is 0 Å². The van der Waals surface area contributed by atoms with Gasteiger partial charge in [0.05, 0.1) is 13.3 Å². The number of carbonyl (C=O) groups excluding carboxylic acids is 2. The van der Waals surface area contributed by atoms with Crippen LogP contribution in [0.3, 0.4) is 0 Å². The molecule has 0 aromatic heterocycles. The summed E-state index contributed by atoms with van der Waals surface area (Å²) < 4.78 is 0. The number of benzene rings is 2. The third-order valence-corrected chi connectivity index (χ3v) is 9.64. The number of anilines is 2. The van der Waals surface area contributed by atoms with Crippen LogP contribution in [0.2, 0.25) is 0 Å². The van der Waals surface area contributed by atoms with E-state index in [1.807, 2.05) is 48.5 Å². The van der Waals surface area contributed by atoms with Crippen molar-refractivity contribution in [2.75, 3.05) is 51.2 Å². The Bertz CT molecular complexity index is 1050. The summed E-state index contributed by atoms with van der Waals surface area (Å²) in [4.78, 5) is 29.2. The van der Waals surface area contributed by atoms with E-state index in [1.54, 1.807) is 0 Å². The normalized spacial score (nSPS) is 11.3. The van der Waals surface area contributed by atoms with Crippen LogP contribution in [0.25, 0.3) is 0 Å². The van der Waals surface area contributed by atoms with E-state index >= 15 is 0 Å². The maximum atomic E-state index is 12.4. The summed E-state index contributed by atoms with van der Waals surface area (Å²) in [6, 6.07) is 15.5. The highest BCUT2D eigenvalue weighted by Crippen LogP contribution is 2.17. The fourth-order valence-corrected chi connectivity index (χ4v) is 6.31. The van der Waals surface area contributed by atoms with E-state index in [0.29, 0.717) is 13.3 Å². The maximum Gasteiger partial charge on any atom is 0.320 e. The largest absolute Gasteiger partial charge is 0.325 e. The van der Waals surface area contributed by atoms with Crippen LogP contribution in [0.4, 0.5) is 21.0 Å². The SMILES string of the molecule is CCCCCCCCCCCCN(C)CNC(=O)Nc1ccc(Cc2ccc(NC(=O)NCN(C)CCCCCCCCCCCC)cc2)cc1. The van der Waals surface area contributed by atoms with Crippen molar-refractivity contribution in [3.05, 3.63) is 59.7 Å². The molecule has 2 rings (SSSR count). The summed E-state index contributed by atoms with van der Waals surface area (Å²) in [6.07, 6.45) is 27.4. The number of rotatable bonds is 30. The standard InChI is InChI=1S/C43H74N6O2/c1-5-7-9-11-13-15-17-19-21-23-33-48(3)36-44-42(50)46-40-29-25-38(26-30-40)35-39-27-31-41(32-28-39)47-43(51)45-37-49(4)34-24-22-20-18-16-14-12-10-8-6-2/h25-32H,5-24,33-37H2,1-4H3,(H2,44,46,50)(H2,45,47,51). The van der Waals surface area contributed by atoms with E-state index in [-0.39, 0.29) is 12.1 Å². The smallest absolute Gasteiger partial charge is 0.320 e. The molecule has 0 aliphatic heterocycles. The number of urea groups is 2. The van der Waals surface area contributed by atoms with Gasteiger partial charge in [0.2, 0.25) is 0 Å². The number of hydrogen-bond acceptors (Lipinski definition) is 4. The number of carbonyl (C=O) groups is 2. The summed E-state index contributed by atoms with van der Waals surface area (Å²) in [5.74, 6) is 0. The third kappa shape index (κ3) is 23.9. The highest BCUT2D eigenvalue weighted by molar-refractivity contribution is 5.89. The van der Waals surface area contributed by atoms with Crippen LogP contribution in [-0.2, 0) is 6.42 Å². The Balaban J connectivity index is 1.54. The van der Waals surface area contributed by atoms with Gasteiger partial charge in [-0.05, 0) is 81.8 Å². The first-order valence-electron chi connectivity index (χ1n) is 20.5. The number of hydrogen-bond donors (Lipinski definition) is 4. The molecule has 0 aliphatic carbocycles. The van der Waals surface area contributed by atoms with Gasteiger partial charge in [0.1, 0.15) is 0 Å². The lowest BCUT2D eigenvalue weighted by Gasteiger charge is -2.17. The van der Waals surface area contributed by atoms with Gasteiger partial charge in [0.25, 0.3) is 0 Å². The summed E-state index contributed by atoms with van der Waals surface area (Å²) in [5, 5.41) is 11.8. The second-order valence-electron chi connectivity index (χ2n) is 14.7. The summed E-state index contributed by atoms with van der Waals surface area (Å²) >= 11 is 0. The Morgan fingerprint density at radius 1 is 0.451 bits per heavy atom. The van der Waals surface area contributed by atoms with Crippen molar-refractivity contribution in [1.29, 1.82) is 0 Å². The quantitative estimate of drug-likeness (QED) is 0.0481. The zero-order chi connectivity index (χ0) is 36.8. The number of unbranched alkanes of at least 4 members (excludes halogenated alkanes) is 18. The predicted molar refractivity (Wildman–Crippen MR) is 219 cm³/mol. The molecule has 0 atom stereocenters. The van der Waals surface area contributed by atoms with Gasteiger partial charge < -0.3 is 21.3 Å². The average Bonchev–Trinajstić information content (AvgIpc) is 3.13. The maximum absolute atomic E-state index is 12.4. The van der Waals surface area contributed by atoms with Crippen LogP contribution in [0, 0.1) is 0 Å².